The van der Waals surface area contributed by atoms with Crippen LogP contribution in [0.3, 0.4) is 0 Å². The minimum atomic E-state index is 0.235. The van der Waals surface area contributed by atoms with Gasteiger partial charge < -0.3 is 5.32 Å². The number of nitrogens with zero attached hydrogens (tertiary/aromatic N) is 3. The maximum atomic E-state index is 4.63. The molecular weight excluding hydrogens is 260 g/mol. The summed E-state index contributed by atoms with van der Waals surface area (Å²) in [6.45, 7) is 9.21. The molecule has 21 heavy (non-hydrogen) atoms. The van der Waals surface area contributed by atoms with E-state index in [9.17, 15) is 0 Å². The molecule has 1 heterocycles. The van der Waals surface area contributed by atoms with Gasteiger partial charge >= 0.3 is 0 Å². The zero-order valence-corrected chi connectivity index (χ0v) is 12.9. The van der Waals surface area contributed by atoms with Crippen molar-refractivity contribution in [3.8, 4) is 5.69 Å². The van der Waals surface area contributed by atoms with Gasteiger partial charge in [-0.15, -0.1) is 6.58 Å². The summed E-state index contributed by atoms with van der Waals surface area (Å²) in [5.74, 6) is 0. The summed E-state index contributed by atoms with van der Waals surface area (Å²) in [5, 5.41) is 12.6. The minimum absolute atomic E-state index is 0.235. The standard InChI is InChI=1S/C17H24N4/c1-4-12-18-16(11-10-14(2)3)17-13-19-21(20-17)15-8-6-5-7-9-15/h5-9,13,16,18H,2,4,10-12H2,1,3H3. The van der Waals surface area contributed by atoms with Gasteiger partial charge in [-0.05, 0) is 44.9 Å². The second-order valence-electron chi connectivity index (χ2n) is 5.40. The van der Waals surface area contributed by atoms with Crippen molar-refractivity contribution in [3.05, 3.63) is 54.4 Å². The molecule has 1 aromatic heterocycles. The number of aromatic nitrogens is 3. The largest absolute Gasteiger partial charge is 0.309 e. The number of hydrogen-bond acceptors (Lipinski definition) is 3. The molecule has 1 aromatic carbocycles. The summed E-state index contributed by atoms with van der Waals surface area (Å²) in [7, 11) is 0. The average Bonchev–Trinajstić information content (AvgIpc) is 2.98. The van der Waals surface area contributed by atoms with E-state index in [1.165, 1.54) is 5.57 Å². The van der Waals surface area contributed by atoms with Crippen molar-refractivity contribution in [2.75, 3.05) is 6.54 Å². The molecule has 0 spiro atoms. The summed E-state index contributed by atoms with van der Waals surface area (Å²) in [4.78, 5) is 1.69. The van der Waals surface area contributed by atoms with E-state index in [0.717, 1.165) is 37.2 Å². The van der Waals surface area contributed by atoms with E-state index in [1.54, 1.807) is 4.80 Å². The molecule has 0 bridgehead atoms. The molecule has 4 nitrogen and oxygen atoms in total. The van der Waals surface area contributed by atoms with E-state index >= 15 is 0 Å². The van der Waals surface area contributed by atoms with Crippen molar-refractivity contribution < 1.29 is 0 Å². The SMILES string of the molecule is C=C(C)CCC(NCCC)c1cnn(-c2ccccc2)n1. The summed E-state index contributed by atoms with van der Waals surface area (Å²) in [5.41, 5.74) is 3.18. The highest BCUT2D eigenvalue weighted by molar-refractivity contribution is 5.28. The predicted molar refractivity (Wildman–Crippen MR) is 86.4 cm³/mol. The highest BCUT2D eigenvalue weighted by Gasteiger charge is 2.15. The summed E-state index contributed by atoms with van der Waals surface area (Å²) in [6, 6.07) is 10.2. The lowest BCUT2D eigenvalue weighted by Gasteiger charge is -2.15. The van der Waals surface area contributed by atoms with Gasteiger partial charge in [-0.25, -0.2) is 0 Å². The molecule has 1 unspecified atom stereocenters. The summed E-state index contributed by atoms with van der Waals surface area (Å²) < 4.78 is 0. The number of nitrogens with one attached hydrogen (secondary N) is 1. The number of rotatable bonds is 8. The van der Waals surface area contributed by atoms with Crippen LogP contribution in [-0.4, -0.2) is 21.5 Å². The van der Waals surface area contributed by atoms with Crippen LogP contribution in [-0.2, 0) is 0 Å². The first-order valence-electron chi connectivity index (χ1n) is 7.56. The van der Waals surface area contributed by atoms with Gasteiger partial charge in [-0.1, -0.05) is 30.7 Å². The number of allylic oxidation sites excluding steroid dienone is 1. The third-order valence-corrected chi connectivity index (χ3v) is 3.35. The molecule has 4 heteroatoms. The van der Waals surface area contributed by atoms with Crippen molar-refractivity contribution in [1.29, 1.82) is 0 Å². The molecular formula is C17H24N4. The van der Waals surface area contributed by atoms with Crippen molar-refractivity contribution in [2.45, 2.75) is 39.2 Å². The average molecular weight is 284 g/mol. The summed E-state index contributed by atoms with van der Waals surface area (Å²) in [6.07, 6.45) is 4.97. The first kappa shape index (κ1) is 15.4. The van der Waals surface area contributed by atoms with Gasteiger partial charge in [-0.2, -0.15) is 15.0 Å². The molecule has 0 aliphatic heterocycles. The molecule has 0 fully saturated rings. The van der Waals surface area contributed by atoms with Crippen LogP contribution >= 0.6 is 0 Å². The fourth-order valence-corrected chi connectivity index (χ4v) is 2.18. The second-order valence-corrected chi connectivity index (χ2v) is 5.40. The van der Waals surface area contributed by atoms with Crippen molar-refractivity contribution in [3.63, 3.8) is 0 Å². The Balaban J connectivity index is 2.12. The fraction of sp³-hybridized carbons (Fsp3) is 0.412. The van der Waals surface area contributed by atoms with E-state index in [0.29, 0.717) is 0 Å². The monoisotopic (exact) mass is 284 g/mol. The molecule has 0 aliphatic carbocycles. The minimum Gasteiger partial charge on any atom is -0.309 e. The number of benzene rings is 1. The highest BCUT2D eigenvalue weighted by Crippen LogP contribution is 2.19. The molecule has 0 radical (unpaired) electrons. The van der Waals surface area contributed by atoms with Gasteiger partial charge in [0.25, 0.3) is 0 Å². The molecule has 0 aliphatic rings. The van der Waals surface area contributed by atoms with E-state index in [-0.39, 0.29) is 6.04 Å². The van der Waals surface area contributed by atoms with Crippen LogP contribution < -0.4 is 5.32 Å². The topological polar surface area (TPSA) is 42.7 Å². The van der Waals surface area contributed by atoms with E-state index < -0.39 is 0 Å². The van der Waals surface area contributed by atoms with Crippen LogP contribution in [0.5, 0.6) is 0 Å². The molecule has 0 saturated heterocycles. The second kappa shape index (κ2) is 7.74. The zero-order valence-electron chi connectivity index (χ0n) is 12.9. The van der Waals surface area contributed by atoms with Gasteiger partial charge in [0, 0.05) is 0 Å². The predicted octanol–water partition coefficient (Wildman–Crippen LogP) is 3.66. The Morgan fingerprint density at radius 1 is 1.33 bits per heavy atom. The highest BCUT2D eigenvalue weighted by atomic mass is 15.5. The maximum Gasteiger partial charge on any atom is 0.100 e. The smallest absolute Gasteiger partial charge is 0.100 e. The Bertz CT molecular complexity index is 559. The van der Waals surface area contributed by atoms with Gasteiger partial charge in [0.1, 0.15) is 5.69 Å². The molecule has 2 rings (SSSR count). The molecule has 2 aromatic rings. The molecule has 1 atom stereocenters. The van der Waals surface area contributed by atoms with E-state index in [1.807, 2.05) is 36.5 Å². The van der Waals surface area contributed by atoms with Crippen molar-refractivity contribution in [2.24, 2.45) is 0 Å². The Labute approximate surface area is 126 Å². The van der Waals surface area contributed by atoms with E-state index in [4.69, 9.17) is 0 Å². The Kier molecular flexibility index (Phi) is 5.69. The Hall–Kier alpha value is -1.94. The first-order chi connectivity index (χ1) is 10.2. The van der Waals surface area contributed by atoms with Crippen LogP contribution in [0, 0.1) is 0 Å². The van der Waals surface area contributed by atoms with Crippen LogP contribution in [0.1, 0.15) is 44.8 Å². The first-order valence-corrected chi connectivity index (χ1v) is 7.56. The van der Waals surface area contributed by atoms with Gasteiger partial charge in [0.2, 0.25) is 0 Å². The number of para-hydroxylation sites is 1. The quantitative estimate of drug-likeness (QED) is 0.752. The van der Waals surface area contributed by atoms with Crippen molar-refractivity contribution >= 4 is 0 Å². The Morgan fingerprint density at radius 2 is 2.10 bits per heavy atom. The lowest BCUT2D eigenvalue weighted by atomic mass is 10.1. The van der Waals surface area contributed by atoms with Gasteiger partial charge in [0.15, 0.2) is 0 Å². The lowest BCUT2D eigenvalue weighted by molar-refractivity contribution is 0.485. The van der Waals surface area contributed by atoms with Crippen molar-refractivity contribution in [1.82, 2.24) is 20.3 Å². The lowest BCUT2D eigenvalue weighted by Crippen LogP contribution is -2.22. The van der Waals surface area contributed by atoms with Crippen LogP contribution in [0.25, 0.3) is 5.69 Å². The molecule has 112 valence electrons. The third-order valence-electron chi connectivity index (χ3n) is 3.35. The summed E-state index contributed by atoms with van der Waals surface area (Å²) >= 11 is 0. The third kappa shape index (κ3) is 4.53. The van der Waals surface area contributed by atoms with Gasteiger partial charge in [0.05, 0.1) is 17.9 Å². The molecule has 0 saturated carbocycles. The van der Waals surface area contributed by atoms with Crippen LogP contribution in [0.2, 0.25) is 0 Å². The van der Waals surface area contributed by atoms with E-state index in [2.05, 4.69) is 35.9 Å². The Morgan fingerprint density at radius 3 is 2.76 bits per heavy atom. The van der Waals surface area contributed by atoms with Crippen LogP contribution in [0.15, 0.2) is 48.7 Å². The van der Waals surface area contributed by atoms with Gasteiger partial charge in [-0.3, -0.25) is 0 Å². The zero-order chi connectivity index (χ0) is 15.1. The molecule has 1 N–H and O–H groups in total. The van der Waals surface area contributed by atoms with Crippen LogP contribution in [0.4, 0.5) is 0 Å². The normalized spacial score (nSPS) is 12.3. The fourth-order valence-electron chi connectivity index (χ4n) is 2.18. The molecule has 0 amide bonds. The maximum absolute atomic E-state index is 4.63. The number of hydrogen-bond donors (Lipinski definition) is 1.